The fourth-order valence-electron chi connectivity index (χ4n) is 4.79. The summed E-state index contributed by atoms with van der Waals surface area (Å²) in [5.41, 5.74) is 9.72. The van der Waals surface area contributed by atoms with E-state index in [1.807, 2.05) is 24.4 Å². The van der Waals surface area contributed by atoms with Crippen LogP contribution in [0.15, 0.2) is 115 Å². The number of fused-ring (bicyclic) bond motifs is 4. The Hall–Kier alpha value is -4.70. The smallest absolute Gasteiger partial charge is 0.145 e. The maximum absolute atomic E-state index is 5.02. The minimum atomic E-state index is 0.934. The quantitative estimate of drug-likeness (QED) is 0.314. The number of nitrogens with zero attached hydrogens (tertiary/aromatic N) is 3. The standard InChI is InChI=1S/C30H20N4/c1-2-10-23(11-3-1)34-28-14-5-4-12-26(28)33-30(34)22-9-6-8-20(18-22)21-15-16-25-24(19-21)29-27(32-25)13-7-17-31-29/h1-19,32H. The molecule has 3 aromatic heterocycles. The highest BCUT2D eigenvalue weighted by molar-refractivity contribution is 6.06. The van der Waals surface area contributed by atoms with E-state index < -0.39 is 0 Å². The van der Waals surface area contributed by atoms with Crippen LogP contribution in [0.25, 0.3) is 61.2 Å². The number of hydrogen-bond donors (Lipinski definition) is 1. The predicted octanol–water partition coefficient (Wildman–Crippen LogP) is 7.39. The molecule has 0 aliphatic rings. The van der Waals surface area contributed by atoms with Gasteiger partial charge in [0, 0.05) is 28.4 Å². The third kappa shape index (κ3) is 2.93. The first kappa shape index (κ1) is 18.8. The van der Waals surface area contributed by atoms with Crippen LogP contribution < -0.4 is 0 Å². The van der Waals surface area contributed by atoms with Gasteiger partial charge < -0.3 is 4.98 Å². The zero-order valence-electron chi connectivity index (χ0n) is 18.3. The lowest BCUT2D eigenvalue weighted by molar-refractivity contribution is 1.10. The molecule has 0 saturated carbocycles. The molecular formula is C30H20N4. The number of H-pyrrole nitrogens is 1. The lowest BCUT2D eigenvalue weighted by Crippen LogP contribution is -1.97. The van der Waals surface area contributed by atoms with Gasteiger partial charge in [-0.1, -0.05) is 54.6 Å². The molecule has 3 heterocycles. The molecule has 0 atom stereocenters. The van der Waals surface area contributed by atoms with Crippen molar-refractivity contribution in [3.63, 3.8) is 0 Å². The number of benzene rings is 4. The van der Waals surface area contributed by atoms with Gasteiger partial charge in [-0.2, -0.15) is 0 Å². The molecule has 0 unspecified atom stereocenters. The Kier molecular flexibility index (Phi) is 4.11. The fourth-order valence-corrected chi connectivity index (χ4v) is 4.79. The van der Waals surface area contributed by atoms with Gasteiger partial charge in [-0.25, -0.2) is 4.98 Å². The van der Waals surface area contributed by atoms with Crippen molar-refractivity contribution in [3.8, 4) is 28.2 Å². The number of hydrogen-bond acceptors (Lipinski definition) is 2. The molecule has 1 N–H and O–H groups in total. The highest BCUT2D eigenvalue weighted by atomic mass is 15.1. The summed E-state index contributed by atoms with van der Waals surface area (Å²) in [6.07, 6.45) is 1.84. The maximum atomic E-state index is 5.02. The van der Waals surface area contributed by atoms with E-state index in [0.717, 1.165) is 61.2 Å². The summed E-state index contributed by atoms with van der Waals surface area (Å²) < 4.78 is 2.24. The molecule has 4 heteroatoms. The monoisotopic (exact) mass is 436 g/mol. The molecule has 7 rings (SSSR count). The Labute approximate surface area is 196 Å². The molecule has 0 spiro atoms. The minimum absolute atomic E-state index is 0.934. The van der Waals surface area contributed by atoms with Gasteiger partial charge in [-0.15, -0.1) is 0 Å². The van der Waals surface area contributed by atoms with Crippen LogP contribution in [-0.2, 0) is 0 Å². The summed E-state index contributed by atoms with van der Waals surface area (Å²) in [5, 5.41) is 1.13. The van der Waals surface area contributed by atoms with Gasteiger partial charge >= 0.3 is 0 Å². The van der Waals surface area contributed by atoms with Crippen molar-refractivity contribution < 1.29 is 0 Å². The van der Waals surface area contributed by atoms with E-state index in [1.54, 1.807) is 0 Å². The number of aromatic nitrogens is 4. The normalized spacial score (nSPS) is 11.5. The Morgan fingerprint density at radius 3 is 2.38 bits per heavy atom. The Morgan fingerprint density at radius 1 is 0.618 bits per heavy atom. The minimum Gasteiger partial charge on any atom is -0.353 e. The summed E-state index contributed by atoms with van der Waals surface area (Å²) >= 11 is 0. The van der Waals surface area contributed by atoms with E-state index in [1.165, 1.54) is 0 Å². The van der Waals surface area contributed by atoms with E-state index in [9.17, 15) is 0 Å². The fraction of sp³-hybridized carbons (Fsp3) is 0. The van der Waals surface area contributed by atoms with Gasteiger partial charge in [0.15, 0.2) is 0 Å². The van der Waals surface area contributed by atoms with E-state index in [4.69, 9.17) is 4.98 Å². The largest absolute Gasteiger partial charge is 0.353 e. The van der Waals surface area contributed by atoms with Crippen molar-refractivity contribution in [2.75, 3.05) is 0 Å². The molecule has 0 radical (unpaired) electrons. The maximum Gasteiger partial charge on any atom is 0.145 e. The van der Waals surface area contributed by atoms with E-state index in [0.29, 0.717) is 0 Å². The molecule has 0 aliphatic heterocycles. The number of rotatable bonds is 3. The van der Waals surface area contributed by atoms with Crippen molar-refractivity contribution in [3.05, 3.63) is 115 Å². The van der Waals surface area contributed by atoms with Gasteiger partial charge in [0.1, 0.15) is 5.82 Å². The summed E-state index contributed by atoms with van der Waals surface area (Å²) in [7, 11) is 0. The van der Waals surface area contributed by atoms with E-state index in [-0.39, 0.29) is 0 Å². The topological polar surface area (TPSA) is 46.5 Å². The van der Waals surface area contributed by atoms with Crippen LogP contribution in [0.4, 0.5) is 0 Å². The average molecular weight is 437 g/mol. The van der Waals surface area contributed by atoms with Crippen LogP contribution in [0.2, 0.25) is 0 Å². The van der Waals surface area contributed by atoms with Gasteiger partial charge in [0.2, 0.25) is 0 Å². The second kappa shape index (κ2) is 7.42. The third-order valence-electron chi connectivity index (χ3n) is 6.38. The summed E-state index contributed by atoms with van der Waals surface area (Å²) in [6.45, 7) is 0. The molecule has 0 bridgehead atoms. The Balaban J connectivity index is 1.41. The number of aromatic amines is 1. The lowest BCUT2D eigenvalue weighted by Gasteiger charge is -2.11. The number of pyridine rings is 1. The van der Waals surface area contributed by atoms with Crippen molar-refractivity contribution in [2.45, 2.75) is 0 Å². The van der Waals surface area contributed by atoms with Gasteiger partial charge in [0.25, 0.3) is 0 Å². The van der Waals surface area contributed by atoms with Crippen LogP contribution in [0, 0.1) is 0 Å². The van der Waals surface area contributed by atoms with E-state index >= 15 is 0 Å². The third-order valence-corrected chi connectivity index (χ3v) is 6.38. The van der Waals surface area contributed by atoms with Gasteiger partial charge in [-0.3, -0.25) is 9.55 Å². The SMILES string of the molecule is c1ccc(-n2c(-c3cccc(-c4ccc5[nH]c6cccnc6c5c4)c3)nc3ccccc32)cc1. The lowest BCUT2D eigenvalue weighted by atomic mass is 10.0. The molecule has 34 heavy (non-hydrogen) atoms. The average Bonchev–Trinajstić information content (AvgIpc) is 3.48. The van der Waals surface area contributed by atoms with Crippen molar-refractivity contribution in [1.82, 2.24) is 19.5 Å². The molecular weight excluding hydrogens is 416 g/mol. The molecule has 4 aromatic carbocycles. The molecule has 0 aliphatic carbocycles. The van der Waals surface area contributed by atoms with Crippen LogP contribution in [0.5, 0.6) is 0 Å². The summed E-state index contributed by atoms with van der Waals surface area (Å²) in [6, 6.07) is 37.9. The number of nitrogens with one attached hydrogen (secondary N) is 1. The zero-order chi connectivity index (χ0) is 22.5. The molecule has 0 saturated heterocycles. The van der Waals surface area contributed by atoms with Crippen LogP contribution in [0.1, 0.15) is 0 Å². The molecule has 160 valence electrons. The Morgan fingerprint density at radius 2 is 1.44 bits per heavy atom. The molecule has 0 amide bonds. The number of imidazole rings is 1. The summed E-state index contributed by atoms with van der Waals surface area (Å²) in [4.78, 5) is 13.1. The van der Waals surface area contributed by atoms with Crippen molar-refractivity contribution in [2.24, 2.45) is 0 Å². The highest BCUT2D eigenvalue weighted by Crippen LogP contribution is 2.33. The molecule has 0 fully saturated rings. The first-order chi connectivity index (χ1) is 16.8. The second-order valence-corrected chi connectivity index (χ2v) is 8.46. The zero-order valence-corrected chi connectivity index (χ0v) is 18.3. The van der Waals surface area contributed by atoms with Crippen molar-refractivity contribution in [1.29, 1.82) is 0 Å². The highest BCUT2D eigenvalue weighted by Gasteiger charge is 2.15. The predicted molar refractivity (Wildman–Crippen MR) is 139 cm³/mol. The molecule has 7 aromatic rings. The van der Waals surface area contributed by atoms with Crippen molar-refractivity contribution >= 4 is 33.0 Å². The first-order valence-corrected chi connectivity index (χ1v) is 11.4. The van der Waals surface area contributed by atoms with Crippen LogP contribution in [0.3, 0.4) is 0 Å². The van der Waals surface area contributed by atoms with Crippen LogP contribution >= 0.6 is 0 Å². The molecule has 4 nitrogen and oxygen atoms in total. The van der Waals surface area contributed by atoms with Crippen LogP contribution in [-0.4, -0.2) is 19.5 Å². The Bertz CT molecular complexity index is 1810. The second-order valence-electron chi connectivity index (χ2n) is 8.46. The number of para-hydroxylation sites is 3. The van der Waals surface area contributed by atoms with Gasteiger partial charge in [-0.05, 0) is 65.7 Å². The first-order valence-electron chi connectivity index (χ1n) is 11.4. The van der Waals surface area contributed by atoms with E-state index in [2.05, 4.69) is 106 Å². The van der Waals surface area contributed by atoms with Gasteiger partial charge in [0.05, 0.1) is 22.1 Å². The summed E-state index contributed by atoms with van der Waals surface area (Å²) in [5.74, 6) is 0.934.